The molecule has 0 radical (unpaired) electrons. The van der Waals surface area contributed by atoms with E-state index in [9.17, 15) is 14.4 Å². The smallest absolute Gasteiger partial charge is 0.408 e. The summed E-state index contributed by atoms with van der Waals surface area (Å²) in [5.74, 6) is -0.0469. The molecule has 0 aliphatic heterocycles. The van der Waals surface area contributed by atoms with Crippen molar-refractivity contribution in [1.29, 1.82) is 0 Å². The van der Waals surface area contributed by atoms with Crippen molar-refractivity contribution in [3.05, 3.63) is 59.7 Å². The van der Waals surface area contributed by atoms with Crippen molar-refractivity contribution in [2.45, 2.75) is 59.1 Å². The normalized spacial score (nSPS) is 11.8. The number of hydrogen-bond donors (Lipinski definition) is 2. The average molecular weight is 484 g/mol. The van der Waals surface area contributed by atoms with E-state index in [1.807, 2.05) is 38.1 Å². The van der Waals surface area contributed by atoms with E-state index in [2.05, 4.69) is 10.6 Å². The predicted molar refractivity (Wildman–Crippen MR) is 136 cm³/mol. The quantitative estimate of drug-likeness (QED) is 0.504. The first-order chi connectivity index (χ1) is 16.5. The van der Waals surface area contributed by atoms with Gasteiger partial charge in [0.25, 0.3) is 5.91 Å². The van der Waals surface area contributed by atoms with Gasteiger partial charge in [-0.2, -0.15) is 0 Å². The fraction of sp³-hybridized carbons (Fsp3) is 0.444. The number of aryl methyl sites for hydroxylation is 1. The molecule has 0 bridgehead atoms. The predicted octanol–water partition coefficient (Wildman–Crippen LogP) is 4.84. The fourth-order valence-corrected chi connectivity index (χ4v) is 3.49. The molecule has 0 spiro atoms. The zero-order chi connectivity index (χ0) is 26.0. The van der Waals surface area contributed by atoms with Crippen molar-refractivity contribution in [2.24, 2.45) is 0 Å². The van der Waals surface area contributed by atoms with E-state index >= 15 is 0 Å². The maximum Gasteiger partial charge on any atom is 0.408 e. The third-order valence-electron chi connectivity index (χ3n) is 5.13. The molecular weight excluding hydrogens is 446 g/mol. The highest BCUT2D eigenvalue weighted by molar-refractivity contribution is 5.98. The third-order valence-corrected chi connectivity index (χ3v) is 5.13. The van der Waals surface area contributed by atoms with Crippen molar-refractivity contribution >= 4 is 23.6 Å². The van der Waals surface area contributed by atoms with Gasteiger partial charge in [-0.05, 0) is 63.9 Å². The van der Waals surface area contributed by atoms with Gasteiger partial charge >= 0.3 is 6.09 Å². The van der Waals surface area contributed by atoms with Gasteiger partial charge in [-0.1, -0.05) is 43.2 Å². The Bertz CT molecular complexity index is 999. The molecule has 2 aromatic rings. The Morgan fingerprint density at radius 2 is 1.74 bits per heavy atom. The van der Waals surface area contributed by atoms with Gasteiger partial charge in [0.2, 0.25) is 5.91 Å². The maximum atomic E-state index is 13.6. The summed E-state index contributed by atoms with van der Waals surface area (Å²) in [4.78, 5) is 40.5. The van der Waals surface area contributed by atoms with Crippen LogP contribution in [0.5, 0.6) is 5.75 Å². The van der Waals surface area contributed by atoms with E-state index in [-0.39, 0.29) is 18.4 Å². The van der Waals surface area contributed by atoms with Crippen LogP contribution in [-0.2, 0) is 14.3 Å². The highest BCUT2D eigenvalue weighted by atomic mass is 16.6. The number of benzene rings is 2. The molecule has 0 aliphatic rings. The monoisotopic (exact) mass is 483 g/mol. The Kier molecular flexibility index (Phi) is 10.1. The van der Waals surface area contributed by atoms with E-state index in [0.29, 0.717) is 30.0 Å². The van der Waals surface area contributed by atoms with E-state index < -0.39 is 17.7 Å². The van der Waals surface area contributed by atoms with Crippen molar-refractivity contribution < 1.29 is 23.9 Å². The molecule has 0 fully saturated rings. The Morgan fingerprint density at radius 1 is 1.06 bits per heavy atom. The lowest BCUT2D eigenvalue weighted by Gasteiger charge is -2.32. The number of hydrogen-bond acceptors (Lipinski definition) is 5. The molecule has 0 aromatic heterocycles. The van der Waals surface area contributed by atoms with Crippen LogP contribution in [0.15, 0.2) is 48.5 Å². The number of nitrogens with zero attached hydrogens (tertiary/aromatic N) is 1. The minimum absolute atomic E-state index is 0.281. The SMILES string of the molecule is CCCCN(C(=O)CNC(=O)OC(C)(C)C)C(C(=O)Nc1ccc(OC)cc1)c1cccc(C)c1. The molecule has 0 heterocycles. The Hall–Kier alpha value is -3.55. The fourth-order valence-electron chi connectivity index (χ4n) is 3.49. The maximum absolute atomic E-state index is 13.6. The Balaban J connectivity index is 2.33. The van der Waals surface area contributed by atoms with Crippen LogP contribution in [0.1, 0.15) is 57.7 Å². The molecule has 190 valence electrons. The summed E-state index contributed by atoms with van der Waals surface area (Å²) in [6.45, 7) is 9.28. The average Bonchev–Trinajstić information content (AvgIpc) is 2.79. The summed E-state index contributed by atoms with van der Waals surface area (Å²) in [6, 6.07) is 13.6. The first-order valence-electron chi connectivity index (χ1n) is 11.8. The molecule has 2 aromatic carbocycles. The minimum Gasteiger partial charge on any atom is -0.497 e. The zero-order valence-corrected chi connectivity index (χ0v) is 21.5. The number of unbranched alkanes of at least 4 members (excludes halogenated alkanes) is 1. The molecule has 8 heteroatoms. The second kappa shape index (κ2) is 12.8. The van der Waals surface area contributed by atoms with E-state index in [1.165, 1.54) is 4.90 Å². The van der Waals surface area contributed by atoms with Gasteiger partial charge in [-0.15, -0.1) is 0 Å². The lowest BCUT2D eigenvalue weighted by Crippen LogP contribution is -2.47. The standard InChI is InChI=1S/C27H37N3O5/c1-7-8-16-30(23(31)18-28-26(33)35-27(3,4)5)24(20-11-9-10-19(2)17-20)25(32)29-21-12-14-22(34-6)15-13-21/h9-15,17,24H,7-8,16,18H2,1-6H3,(H,28,33)(H,29,32). The first-order valence-corrected chi connectivity index (χ1v) is 11.8. The summed E-state index contributed by atoms with van der Waals surface area (Å²) >= 11 is 0. The van der Waals surface area contributed by atoms with Crippen LogP contribution in [0.2, 0.25) is 0 Å². The van der Waals surface area contributed by atoms with Crippen LogP contribution < -0.4 is 15.4 Å². The van der Waals surface area contributed by atoms with Crippen LogP contribution in [0.3, 0.4) is 0 Å². The van der Waals surface area contributed by atoms with Gasteiger partial charge in [-0.3, -0.25) is 9.59 Å². The molecule has 8 nitrogen and oxygen atoms in total. The molecule has 2 rings (SSSR count). The highest BCUT2D eigenvalue weighted by Crippen LogP contribution is 2.25. The number of amides is 3. The van der Waals surface area contributed by atoms with Crippen LogP contribution >= 0.6 is 0 Å². The van der Waals surface area contributed by atoms with Crippen molar-refractivity contribution in [3.8, 4) is 5.75 Å². The van der Waals surface area contributed by atoms with Gasteiger partial charge in [0.1, 0.15) is 23.9 Å². The Morgan fingerprint density at radius 3 is 2.31 bits per heavy atom. The topological polar surface area (TPSA) is 97.0 Å². The molecular formula is C27H37N3O5. The van der Waals surface area contributed by atoms with Crippen molar-refractivity contribution in [1.82, 2.24) is 10.2 Å². The zero-order valence-electron chi connectivity index (χ0n) is 21.5. The number of nitrogens with one attached hydrogen (secondary N) is 2. The molecule has 0 aliphatic carbocycles. The molecule has 0 saturated carbocycles. The largest absolute Gasteiger partial charge is 0.497 e. The Labute approximate surface area is 208 Å². The summed E-state index contributed by atoms with van der Waals surface area (Å²) < 4.78 is 10.4. The lowest BCUT2D eigenvalue weighted by molar-refractivity contribution is -0.138. The number of carbonyl (C=O) groups is 3. The van der Waals surface area contributed by atoms with E-state index in [1.54, 1.807) is 52.1 Å². The molecule has 1 unspecified atom stereocenters. The molecule has 35 heavy (non-hydrogen) atoms. The number of rotatable bonds is 10. The minimum atomic E-state index is -0.878. The lowest BCUT2D eigenvalue weighted by atomic mass is 10.0. The van der Waals surface area contributed by atoms with Crippen LogP contribution in [0.25, 0.3) is 0 Å². The highest BCUT2D eigenvalue weighted by Gasteiger charge is 2.31. The van der Waals surface area contributed by atoms with Gasteiger partial charge in [0, 0.05) is 12.2 Å². The number of anilines is 1. The van der Waals surface area contributed by atoms with Gasteiger partial charge in [0.05, 0.1) is 7.11 Å². The molecule has 3 amide bonds. The summed E-state index contributed by atoms with van der Waals surface area (Å²) in [7, 11) is 1.57. The number of ether oxygens (including phenoxy) is 2. The first kappa shape index (κ1) is 27.7. The summed E-state index contributed by atoms with van der Waals surface area (Å²) in [6.07, 6.45) is 0.858. The van der Waals surface area contributed by atoms with E-state index in [4.69, 9.17) is 9.47 Å². The molecule has 0 saturated heterocycles. The summed E-state index contributed by atoms with van der Waals surface area (Å²) in [5.41, 5.74) is 1.57. The second-order valence-corrected chi connectivity index (χ2v) is 9.33. The number of methoxy groups -OCH3 is 1. The van der Waals surface area contributed by atoms with Crippen LogP contribution in [-0.4, -0.2) is 48.6 Å². The third kappa shape index (κ3) is 8.96. The van der Waals surface area contributed by atoms with Gasteiger partial charge < -0.3 is 25.0 Å². The van der Waals surface area contributed by atoms with E-state index in [0.717, 1.165) is 12.0 Å². The second-order valence-electron chi connectivity index (χ2n) is 9.33. The van der Waals surface area contributed by atoms with Crippen molar-refractivity contribution in [2.75, 3.05) is 25.5 Å². The van der Waals surface area contributed by atoms with Crippen molar-refractivity contribution in [3.63, 3.8) is 0 Å². The van der Waals surface area contributed by atoms with Crippen LogP contribution in [0.4, 0.5) is 10.5 Å². The number of carbonyl (C=O) groups excluding carboxylic acids is 3. The number of alkyl carbamates (subject to hydrolysis) is 1. The van der Waals surface area contributed by atoms with Crippen LogP contribution in [0, 0.1) is 6.92 Å². The van der Waals surface area contributed by atoms with Gasteiger partial charge in [0.15, 0.2) is 0 Å². The van der Waals surface area contributed by atoms with Gasteiger partial charge in [-0.25, -0.2) is 4.79 Å². The molecule has 2 N–H and O–H groups in total. The molecule has 1 atom stereocenters. The summed E-state index contributed by atoms with van der Waals surface area (Å²) in [5, 5.41) is 5.44.